The fourth-order valence-electron chi connectivity index (χ4n) is 11.9. The number of alkyl carbamates (subject to hydrolysis) is 1. The lowest BCUT2D eigenvalue weighted by molar-refractivity contribution is -0.277. The van der Waals surface area contributed by atoms with Crippen LogP contribution in [0, 0.1) is 39.9 Å². The van der Waals surface area contributed by atoms with Gasteiger partial charge < -0.3 is 24.8 Å². The molecular formula is C45H64FN4O6-. The number of halogens is 1. The van der Waals surface area contributed by atoms with Crippen LogP contribution in [0.4, 0.5) is 9.18 Å². The molecule has 7 unspecified atom stereocenters. The number of nitrogens with one attached hydrogen (secondary N) is 1. The van der Waals surface area contributed by atoms with Gasteiger partial charge in [-0.1, -0.05) is 53.9 Å². The number of hydrogen-bond acceptors (Lipinski definition) is 8. The number of Topliss-reactive ketones (excluding diaryl/α,β-unsaturated/α-hetero) is 1. The van der Waals surface area contributed by atoms with Crippen LogP contribution in [-0.4, -0.2) is 64.0 Å². The Kier molecular flexibility index (Phi) is 10.7. The van der Waals surface area contributed by atoms with E-state index in [1.165, 1.54) is 20.5 Å². The third kappa shape index (κ3) is 6.84. The van der Waals surface area contributed by atoms with Gasteiger partial charge in [-0.25, -0.2) is 14.2 Å². The maximum absolute atomic E-state index is 16.1. The van der Waals surface area contributed by atoms with E-state index in [0.29, 0.717) is 35.7 Å². The van der Waals surface area contributed by atoms with Crippen molar-refractivity contribution in [2.75, 3.05) is 13.7 Å². The number of benzene rings is 1. The van der Waals surface area contributed by atoms with Gasteiger partial charge in [0.25, 0.3) is 0 Å². The third-order valence-corrected chi connectivity index (χ3v) is 15.7. The Hall–Kier alpha value is -3.50. The van der Waals surface area contributed by atoms with Crippen molar-refractivity contribution in [3.63, 3.8) is 0 Å². The molecule has 4 saturated carbocycles. The normalized spacial score (nSPS) is 31.8. The second kappa shape index (κ2) is 14.7. The van der Waals surface area contributed by atoms with Gasteiger partial charge in [-0.05, 0) is 120 Å². The van der Waals surface area contributed by atoms with Gasteiger partial charge in [0.1, 0.15) is 23.4 Å². The van der Waals surface area contributed by atoms with Gasteiger partial charge in [0.15, 0.2) is 11.5 Å². The van der Waals surface area contributed by atoms with Crippen molar-refractivity contribution in [3.05, 3.63) is 23.9 Å². The van der Waals surface area contributed by atoms with Crippen LogP contribution >= 0.6 is 0 Å². The first kappa shape index (κ1) is 40.7. The lowest BCUT2D eigenvalue weighted by Crippen LogP contribution is -2.64. The molecule has 308 valence electrons. The predicted octanol–water partition coefficient (Wildman–Crippen LogP) is 8.57. The largest absolute Gasteiger partial charge is 0.857 e. The zero-order chi connectivity index (χ0) is 40.4. The number of hydrogen-bond donors (Lipinski definition) is 1. The van der Waals surface area contributed by atoms with E-state index in [9.17, 15) is 14.7 Å². The van der Waals surface area contributed by atoms with E-state index in [0.717, 1.165) is 70.6 Å². The van der Waals surface area contributed by atoms with Crippen LogP contribution in [0.5, 0.6) is 11.6 Å². The first-order chi connectivity index (χ1) is 26.4. The summed E-state index contributed by atoms with van der Waals surface area (Å²) in [6, 6.07) is 4.18. The average Bonchev–Trinajstić information content (AvgIpc) is 3.95. The molecule has 2 aromatic rings. The van der Waals surface area contributed by atoms with Crippen molar-refractivity contribution in [2.24, 2.45) is 39.9 Å². The number of rotatable bonds is 13. The van der Waals surface area contributed by atoms with Gasteiger partial charge in [-0.15, -0.1) is 0 Å². The summed E-state index contributed by atoms with van der Waals surface area (Å²) < 4.78 is 27.7. The number of likely N-dealkylation sites (tertiary alicyclic amines) is 1. The SMILES string of the molecule is COc1ccc2nc(C(C)(F)CCCC3CC34CCCC4OC(=O)NC(C(=O)N3CCC4(C[C@H]4C)C3(C)C(=O)C(C)C)C(C)(C)C3CCCCC3)c([O-])nc2c1. The van der Waals surface area contributed by atoms with E-state index in [1.807, 2.05) is 25.7 Å². The Labute approximate surface area is 332 Å². The minimum absolute atomic E-state index is 0.102. The molecule has 0 radical (unpaired) electrons. The number of carbonyl (C=O) groups excluding carboxylic acids is 3. The number of fused-ring (bicyclic) bond motifs is 1. The highest BCUT2D eigenvalue weighted by molar-refractivity contribution is 5.98. The minimum atomic E-state index is -1.94. The van der Waals surface area contributed by atoms with Crippen molar-refractivity contribution < 1.29 is 33.4 Å². The monoisotopic (exact) mass is 775 g/mol. The molecule has 5 fully saturated rings. The molecule has 0 bridgehead atoms. The van der Waals surface area contributed by atoms with Crippen LogP contribution in [0.25, 0.3) is 11.0 Å². The van der Waals surface area contributed by atoms with Gasteiger partial charge in [0.2, 0.25) is 5.91 Å². The number of methoxy groups -OCH3 is 1. The van der Waals surface area contributed by atoms with Gasteiger partial charge in [0.05, 0.1) is 23.8 Å². The summed E-state index contributed by atoms with van der Waals surface area (Å²) in [5.41, 5.74) is -3.14. The molecule has 10 nitrogen and oxygen atoms in total. The lowest BCUT2D eigenvalue weighted by Gasteiger charge is -2.47. The number of amides is 2. The summed E-state index contributed by atoms with van der Waals surface area (Å²) in [7, 11) is 1.53. The topological polar surface area (TPSA) is 134 Å². The van der Waals surface area contributed by atoms with Gasteiger partial charge in [-0.2, -0.15) is 0 Å². The highest BCUT2D eigenvalue weighted by atomic mass is 19.1. The summed E-state index contributed by atoms with van der Waals surface area (Å²) in [5, 5.41) is 16.0. The Bertz CT molecular complexity index is 1840. The Morgan fingerprint density at radius 1 is 1.04 bits per heavy atom. The molecule has 8 atom stereocenters. The van der Waals surface area contributed by atoms with Crippen molar-refractivity contribution >= 4 is 28.8 Å². The molecule has 56 heavy (non-hydrogen) atoms. The lowest BCUT2D eigenvalue weighted by atomic mass is 9.66. The molecule has 1 aromatic heterocycles. The Morgan fingerprint density at radius 2 is 1.75 bits per heavy atom. The van der Waals surface area contributed by atoms with Crippen LogP contribution in [-0.2, 0) is 20.0 Å². The van der Waals surface area contributed by atoms with Crippen LogP contribution in [0.3, 0.4) is 0 Å². The van der Waals surface area contributed by atoms with Crippen molar-refractivity contribution in [1.29, 1.82) is 0 Å². The number of alkyl halides is 1. The fraction of sp³-hybridized carbons (Fsp3) is 0.756. The van der Waals surface area contributed by atoms with E-state index in [4.69, 9.17) is 9.47 Å². The van der Waals surface area contributed by atoms with Crippen LogP contribution in [0.1, 0.15) is 144 Å². The molecule has 4 aliphatic carbocycles. The molecule has 7 rings (SSSR count). The summed E-state index contributed by atoms with van der Waals surface area (Å²) in [6.45, 7) is 14.2. The zero-order valence-corrected chi connectivity index (χ0v) is 35.0. The van der Waals surface area contributed by atoms with Gasteiger partial charge in [-0.3, -0.25) is 14.6 Å². The number of nitrogens with zero attached hydrogens (tertiary/aromatic N) is 3. The molecule has 2 amide bonds. The van der Waals surface area contributed by atoms with Crippen molar-refractivity contribution in [3.8, 4) is 11.6 Å². The van der Waals surface area contributed by atoms with Crippen LogP contribution in [0.15, 0.2) is 18.2 Å². The maximum Gasteiger partial charge on any atom is 0.408 e. The molecule has 5 aliphatic rings. The summed E-state index contributed by atoms with van der Waals surface area (Å²) in [4.78, 5) is 53.5. The van der Waals surface area contributed by atoms with Gasteiger partial charge >= 0.3 is 6.09 Å². The number of ether oxygens (including phenoxy) is 2. The second-order valence-electron chi connectivity index (χ2n) is 19.6. The molecular weight excluding hydrogens is 712 g/mol. The van der Waals surface area contributed by atoms with E-state index >= 15 is 9.18 Å². The highest BCUT2D eigenvalue weighted by Gasteiger charge is 2.72. The maximum atomic E-state index is 16.1. The van der Waals surface area contributed by atoms with Gasteiger partial charge in [0, 0.05) is 35.2 Å². The standard InChI is InChI=1S/C45H65FN4O6/c1-27(2)37(51)43(7)45(25-28(45)3)22-23-50(43)39(53)36(41(4,5)29-14-10-9-11-15-29)49-40(54)56-34-17-13-21-44(34)26-30(44)16-12-20-42(6,46)35-38(52)48-33-24-31(55-8)18-19-32(33)47-35/h18-19,24,27-30,34,36H,9-17,20-23,25-26H2,1-8H3,(H,48,52)(H,49,54)/p-1/t28-,30?,34?,36?,42?,43?,44?,45?/m1/s1. The number of aromatic nitrogens is 2. The first-order valence-electron chi connectivity index (χ1n) is 21.5. The van der Waals surface area contributed by atoms with Crippen LogP contribution in [0.2, 0.25) is 0 Å². The minimum Gasteiger partial charge on any atom is -0.857 e. The van der Waals surface area contributed by atoms with E-state index < -0.39 is 34.6 Å². The second-order valence-corrected chi connectivity index (χ2v) is 19.6. The van der Waals surface area contributed by atoms with E-state index in [1.54, 1.807) is 18.2 Å². The molecule has 1 aliphatic heterocycles. The van der Waals surface area contributed by atoms with Crippen molar-refractivity contribution in [2.45, 2.75) is 162 Å². The predicted molar refractivity (Wildman–Crippen MR) is 211 cm³/mol. The molecule has 11 heteroatoms. The van der Waals surface area contributed by atoms with Crippen LogP contribution < -0.4 is 15.2 Å². The summed E-state index contributed by atoms with van der Waals surface area (Å²) in [5.74, 6) is 0.496. The molecule has 2 heterocycles. The number of ketones is 1. The summed E-state index contributed by atoms with van der Waals surface area (Å²) in [6.07, 6.45) is 11.2. The quantitative estimate of drug-likeness (QED) is 0.214. The van der Waals surface area contributed by atoms with E-state index in [2.05, 4.69) is 36.1 Å². The zero-order valence-electron chi connectivity index (χ0n) is 35.0. The summed E-state index contributed by atoms with van der Waals surface area (Å²) >= 11 is 0. The Morgan fingerprint density at radius 3 is 2.41 bits per heavy atom. The Balaban J connectivity index is 1.03. The molecule has 1 saturated heterocycles. The fourth-order valence-corrected chi connectivity index (χ4v) is 11.9. The van der Waals surface area contributed by atoms with E-state index in [-0.39, 0.29) is 58.5 Å². The van der Waals surface area contributed by atoms with Crippen molar-refractivity contribution in [1.82, 2.24) is 20.2 Å². The smallest absolute Gasteiger partial charge is 0.408 e. The molecule has 1 N–H and O–H groups in total. The number of carbonyl (C=O) groups is 3. The third-order valence-electron chi connectivity index (χ3n) is 15.7. The molecule has 1 aromatic carbocycles. The average molecular weight is 776 g/mol. The first-order valence-corrected chi connectivity index (χ1v) is 21.5. The molecule has 2 spiro atoms. The highest BCUT2D eigenvalue weighted by Crippen LogP contribution is 2.68.